The summed E-state index contributed by atoms with van der Waals surface area (Å²) >= 11 is 17.5. The molecule has 0 aromatic heterocycles. The fourth-order valence-electron chi connectivity index (χ4n) is 3.39. The average Bonchev–Trinajstić information content (AvgIpc) is 2.71. The van der Waals surface area contributed by atoms with Crippen LogP contribution in [0.1, 0.15) is 24.0 Å². The van der Waals surface area contributed by atoms with Gasteiger partial charge in [0.05, 0.1) is 16.3 Å². The molecule has 1 aliphatic heterocycles. The summed E-state index contributed by atoms with van der Waals surface area (Å²) in [4.78, 5) is 12.5. The second kappa shape index (κ2) is 9.77. The number of halogens is 6. The predicted molar refractivity (Wildman–Crippen MR) is 118 cm³/mol. The Morgan fingerprint density at radius 3 is 2.28 bits per heavy atom. The van der Waals surface area contributed by atoms with E-state index >= 15 is 0 Å². The molecule has 3 rings (SSSR count). The Bertz CT molecular complexity index is 1120. The van der Waals surface area contributed by atoms with Crippen LogP contribution < -0.4 is 5.32 Å². The highest BCUT2D eigenvalue weighted by atomic mass is 35.5. The highest BCUT2D eigenvalue weighted by Gasteiger charge is 2.34. The molecule has 0 saturated carbocycles. The van der Waals surface area contributed by atoms with E-state index in [0.717, 1.165) is 12.1 Å². The molecular formula is C20H18Cl3F3N2O3S. The van der Waals surface area contributed by atoms with Gasteiger partial charge < -0.3 is 5.32 Å². The van der Waals surface area contributed by atoms with Gasteiger partial charge in [0, 0.05) is 34.7 Å². The minimum Gasteiger partial charge on any atom is -0.326 e. The second-order valence-corrected chi connectivity index (χ2v) is 10.6. The molecule has 12 heteroatoms. The number of benzene rings is 2. The van der Waals surface area contributed by atoms with Gasteiger partial charge >= 0.3 is 6.18 Å². The lowest BCUT2D eigenvalue weighted by molar-refractivity contribution is -0.137. The number of carbonyl (C=O) groups excluding carboxylic acids is 1. The summed E-state index contributed by atoms with van der Waals surface area (Å²) in [5, 5.41) is 2.64. The number of nitrogens with zero attached hydrogens (tertiary/aromatic N) is 1. The number of hydrogen-bond acceptors (Lipinski definition) is 3. The molecule has 1 amide bonds. The first-order valence-corrected chi connectivity index (χ1v) is 12.2. The fourth-order valence-corrected chi connectivity index (χ4v) is 5.76. The maximum atomic E-state index is 13.0. The molecule has 0 radical (unpaired) electrons. The Hall–Kier alpha value is -1.52. The summed E-state index contributed by atoms with van der Waals surface area (Å²) in [6.07, 6.45) is -4.18. The van der Waals surface area contributed by atoms with Crippen LogP contribution in [0.5, 0.6) is 0 Å². The van der Waals surface area contributed by atoms with Crippen LogP contribution in [0, 0.1) is 5.92 Å². The SMILES string of the molecule is O=C(Nc1ccc(Cl)c(C(F)(F)F)c1)C1CCN(S(=O)(=O)Cc2ccc(Cl)cc2Cl)CC1. The molecular weight excluding hydrogens is 512 g/mol. The molecule has 1 aliphatic rings. The number of nitrogens with one attached hydrogen (secondary N) is 1. The average molecular weight is 530 g/mol. The summed E-state index contributed by atoms with van der Waals surface area (Å²) in [6, 6.07) is 7.68. The van der Waals surface area contributed by atoms with Crippen LogP contribution in [0.2, 0.25) is 15.1 Å². The van der Waals surface area contributed by atoms with Crippen molar-refractivity contribution in [1.29, 1.82) is 0 Å². The first kappa shape index (κ1) is 25.1. The number of piperidine rings is 1. The Labute approximate surface area is 198 Å². The molecule has 2 aromatic rings. The third kappa shape index (κ3) is 6.08. The molecule has 0 atom stereocenters. The number of carbonyl (C=O) groups is 1. The Kier molecular flexibility index (Phi) is 7.66. The highest BCUT2D eigenvalue weighted by Crippen LogP contribution is 2.36. The molecule has 32 heavy (non-hydrogen) atoms. The summed E-state index contributed by atoms with van der Waals surface area (Å²) < 4.78 is 65.8. The molecule has 1 N–H and O–H groups in total. The number of hydrogen-bond donors (Lipinski definition) is 1. The van der Waals surface area contributed by atoms with Gasteiger partial charge in [-0.3, -0.25) is 4.79 Å². The van der Waals surface area contributed by atoms with Gasteiger partial charge in [0.25, 0.3) is 0 Å². The van der Waals surface area contributed by atoms with Gasteiger partial charge in [0.2, 0.25) is 15.9 Å². The standard InChI is InChI=1S/C20H18Cl3F3N2O3S/c21-14-2-1-13(18(23)9-14)11-32(30,31)28-7-5-12(6-8-28)19(29)27-15-3-4-17(22)16(10-15)20(24,25)26/h1-4,9-10,12H,5-8,11H2,(H,27,29). The number of amides is 1. The van der Waals surface area contributed by atoms with Crippen molar-refractivity contribution in [3.8, 4) is 0 Å². The van der Waals surface area contributed by atoms with Crippen LogP contribution in [0.4, 0.5) is 18.9 Å². The molecule has 5 nitrogen and oxygen atoms in total. The summed E-state index contributed by atoms with van der Waals surface area (Å²) in [7, 11) is -3.67. The van der Waals surface area contributed by atoms with Gasteiger partial charge in [-0.1, -0.05) is 40.9 Å². The van der Waals surface area contributed by atoms with Crippen molar-refractivity contribution < 1.29 is 26.4 Å². The topological polar surface area (TPSA) is 66.5 Å². The number of anilines is 1. The zero-order valence-electron chi connectivity index (χ0n) is 16.4. The molecule has 0 spiro atoms. The first-order valence-electron chi connectivity index (χ1n) is 9.46. The molecule has 1 heterocycles. The van der Waals surface area contributed by atoms with Crippen LogP contribution in [0.15, 0.2) is 36.4 Å². The number of alkyl halides is 3. The summed E-state index contributed by atoms with van der Waals surface area (Å²) in [6.45, 7) is 0.222. The molecule has 2 aromatic carbocycles. The van der Waals surface area contributed by atoms with E-state index < -0.39 is 38.6 Å². The lowest BCUT2D eigenvalue weighted by Gasteiger charge is -2.30. The van der Waals surface area contributed by atoms with Gasteiger partial charge in [-0.25, -0.2) is 12.7 Å². The van der Waals surface area contributed by atoms with Crippen LogP contribution in [0.3, 0.4) is 0 Å². The third-order valence-corrected chi connectivity index (χ3v) is 7.85. The minimum absolute atomic E-state index is 0.0286. The lowest BCUT2D eigenvalue weighted by Crippen LogP contribution is -2.41. The van der Waals surface area contributed by atoms with E-state index in [-0.39, 0.29) is 42.4 Å². The zero-order chi connectivity index (χ0) is 23.7. The van der Waals surface area contributed by atoms with E-state index in [4.69, 9.17) is 34.8 Å². The van der Waals surface area contributed by atoms with Crippen LogP contribution in [-0.2, 0) is 26.7 Å². The van der Waals surface area contributed by atoms with E-state index in [0.29, 0.717) is 10.6 Å². The van der Waals surface area contributed by atoms with Crippen LogP contribution >= 0.6 is 34.8 Å². The Balaban J connectivity index is 1.61. The first-order chi connectivity index (χ1) is 14.9. The van der Waals surface area contributed by atoms with Crippen molar-refractivity contribution in [3.05, 3.63) is 62.6 Å². The molecule has 0 aliphatic carbocycles. The summed E-state index contributed by atoms with van der Waals surface area (Å²) in [5.41, 5.74) is -0.656. The predicted octanol–water partition coefficient (Wildman–Crippen LogP) is 5.85. The van der Waals surface area contributed by atoms with E-state index in [1.54, 1.807) is 12.1 Å². The van der Waals surface area contributed by atoms with Crippen molar-refractivity contribution in [3.63, 3.8) is 0 Å². The third-order valence-electron chi connectivity index (χ3n) is 5.11. The van der Waals surface area contributed by atoms with Gasteiger partial charge in [0.1, 0.15) is 0 Å². The molecule has 1 fully saturated rings. The van der Waals surface area contributed by atoms with Crippen molar-refractivity contribution >= 4 is 56.4 Å². The monoisotopic (exact) mass is 528 g/mol. The van der Waals surface area contributed by atoms with Crippen molar-refractivity contribution in [2.75, 3.05) is 18.4 Å². The van der Waals surface area contributed by atoms with Crippen molar-refractivity contribution in [2.45, 2.75) is 24.8 Å². The van der Waals surface area contributed by atoms with Crippen LogP contribution in [-0.4, -0.2) is 31.7 Å². The minimum atomic E-state index is -4.65. The Morgan fingerprint density at radius 1 is 1.03 bits per heavy atom. The molecule has 0 bridgehead atoms. The smallest absolute Gasteiger partial charge is 0.326 e. The van der Waals surface area contributed by atoms with Gasteiger partial charge in [-0.2, -0.15) is 13.2 Å². The quantitative estimate of drug-likeness (QED) is 0.529. The van der Waals surface area contributed by atoms with Gasteiger partial charge in [-0.05, 0) is 48.7 Å². The maximum Gasteiger partial charge on any atom is 0.417 e. The van der Waals surface area contributed by atoms with Crippen LogP contribution in [0.25, 0.3) is 0 Å². The van der Waals surface area contributed by atoms with E-state index in [9.17, 15) is 26.4 Å². The lowest BCUT2D eigenvalue weighted by atomic mass is 9.97. The Morgan fingerprint density at radius 2 is 1.69 bits per heavy atom. The van der Waals surface area contributed by atoms with E-state index in [2.05, 4.69) is 5.32 Å². The van der Waals surface area contributed by atoms with E-state index in [1.807, 2.05) is 0 Å². The van der Waals surface area contributed by atoms with Gasteiger partial charge in [0.15, 0.2) is 0 Å². The zero-order valence-corrected chi connectivity index (χ0v) is 19.5. The molecule has 1 saturated heterocycles. The maximum absolute atomic E-state index is 13.0. The molecule has 174 valence electrons. The second-order valence-electron chi connectivity index (χ2n) is 7.35. The number of rotatable bonds is 5. The van der Waals surface area contributed by atoms with E-state index in [1.165, 1.54) is 16.4 Å². The van der Waals surface area contributed by atoms with Gasteiger partial charge in [-0.15, -0.1) is 0 Å². The molecule has 0 unspecified atom stereocenters. The number of sulfonamides is 1. The fraction of sp³-hybridized carbons (Fsp3) is 0.350. The largest absolute Gasteiger partial charge is 0.417 e. The summed E-state index contributed by atoms with van der Waals surface area (Å²) in [5.74, 6) is -1.31. The van der Waals surface area contributed by atoms with Crippen molar-refractivity contribution in [2.24, 2.45) is 5.92 Å². The highest BCUT2D eigenvalue weighted by molar-refractivity contribution is 7.88. The van der Waals surface area contributed by atoms with Crippen molar-refractivity contribution in [1.82, 2.24) is 4.31 Å². The normalized spacial score (nSPS) is 16.2.